The molecule has 2 rings (SSSR count). The van der Waals surface area contributed by atoms with Crippen molar-refractivity contribution in [2.75, 3.05) is 0 Å². The highest BCUT2D eigenvalue weighted by molar-refractivity contribution is 5.94. The van der Waals surface area contributed by atoms with E-state index in [9.17, 15) is 4.79 Å². The van der Waals surface area contributed by atoms with Gasteiger partial charge in [-0.2, -0.15) is 0 Å². The molecule has 0 aliphatic carbocycles. The average Bonchev–Trinajstić information content (AvgIpc) is 2.89. The smallest absolute Gasteiger partial charge is 0.251 e. The molecule has 88 valence electrons. The number of rotatable bonds is 4. The fourth-order valence-electron chi connectivity index (χ4n) is 1.41. The van der Waals surface area contributed by atoms with Gasteiger partial charge in [0.25, 0.3) is 5.91 Å². The Balaban J connectivity index is 1.99. The Kier molecular flexibility index (Phi) is 3.52. The summed E-state index contributed by atoms with van der Waals surface area (Å²) in [6, 6.07) is 5.15. The Morgan fingerprint density at radius 3 is 3.06 bits per heavy atom. The summed E-state index contributed by atoms with van der Waals surface area (Å²) in [7, 11) is 0. The highest BCUT2D eigenvalue weighted by Gasteiger charge is 2.06. The van der Waals surface area contributed by atoms with E-state index in [2.05, 4.69) is 10.3 Å². The molecular formula is C12H13N3O2. The van der Waals surface area contributed by atoms with E-state index < -0.39 is 0 Å². The Morgan fingerprint density at radius 1 is 1.47 bits per heavy atom. The molecule has 0 unspecified atom stereocenters. The van der Waals surface area contributed by atoms with Gasteiger partial charge in [0.05, 0.1) is 18.2 Å². The molecule has 5 nitrogen and oxygen atoms in total. The maximum atomic E-state index is 11.8. The molecule has 0 spiro atoms. The fraction of sp³-hybridized carbons (Fsp3) is 0.167. The van der Waals surface area contributed by atoms with Crippen LogP contribution in [0.1, 0.15) is 21.6 Å². The predicted molar refractivity (Wildman–Crippen MR) is 62.0 cm³/mol. The number of carbonyl (C=O) groups is 1. The number of hydrogen-bond acceptors (Lipinski definition) is 4. The maximum absolute atomic E-state index is 11.8. The van der Waals surface area contributed by atoms with Crippen LogP contribution in [0.25, 0.3) is 0 Å². The molecule has 1 amide bonds. The van der Waals surface area contributed by atoms with Crippen molar-refractivity contribution in [2.45, 2.75) is 13.1 Å². The molecule has 2 heterocycles. The van der Waals surface area contributed by atoms with Crippen molar-refractivity contribution in [3.63, 3.8) is 0 Å². The second-order valence-electron chi connectivity index (χ2n) is 3.55. The lowest BCUT2D eigenvalue weighted by Gasteiger charge is -2.04. The number of nitrogens with two attached hydrogens (primary N) is 1. The highest BCUT2D eigenvalue weighted by Crippen LogP contribution is 2.03. The van der Waals surface area contributed by atoms with Crippen LogP contribution in [0.2, 0.25) is 0 Å². The second-order valence-corrected chi connectivity index (χ2v) is 3.55. The SMILES string of the molecule is NCc1cc(C(=O)NCc2ccoc2)ccn1. The number of carbonyl (C=O) groups excluding carboxylic acids is 1. The lowest BCUT2D eigenvalue weighted by molar-refractivity contribution is 0.0950. The topological polar surface area (TPSA) is 81.2 Å². The van der Waals surface area contributed by atoms with Crippen LogP contribution in [-0.2, 0) is 13.1 Å². The summed E-state index contributed by atoms with van der Waals surface area (Å²) in [5.74, 6) is -0.150. The Hall–Kier alpha value is -2.14. The molecule has 5 heteroatoms. The fourth-order valence-corrected chi connectivity index (χ4v) is 1.41. The van der Waals surface area contributed by atoms with Crippen LogP contribution in [0.4, 0.5) is 0 Å². The monoisotopic (exact) mass is 231 g/mol. The van der Waals surface area contributed by atoms with Gasteiger partial charge in [0.1, 0.15) is 0 Å². The van der Waals surface area contributed by atoms with Crippen LogP contribution in [0.15, 0.2) is 41.3 Å². The van der Waals surface area contributed by atoms with Crippen LogP contribution in [0, 0.1) is 0 Å². The highest BCUT2D eigenvalue weighted by atomic mass is 16.3. The summed E-state index contributed by atoms with van der Waals surface area (Å²) >= 11 is 0. The second kappa shape index (κ2) is 5.27. The van der Waals surface area contributed by atoms with Gasteiger partial charge >= 0.3 is 0 Å². The van der Waals surface area contributed by atoms with Crippen LogP contribution < -0.4 is 11.1 Å². The van der Waals surface area contributed by atoms with Gasteiger partial charge in [0.15, 0.2) is 0 Å². The molecule has 17 heavy (non-hydrogen) atoms. The zero-order valence-electron chi connectivity index (χ0n) is 9.22. The van der Waals surface area contributed by atoms with Crippen molar-refractivity contribution in [1.29, 1.82) is 0 Å². The normalized spacial score (nSPS) is 10.2. The molecule has 2 aromatic rings. The summed E-state index contributed by atoms with van der Waals surface area (Å²) in [5.41, 5.74) is 7.64. The predicted octanol–water partition coefficient (Wildman–Crippen LogP) is 1.06. The third-order valence-corrected chi connectivity index (χ3v) is 2.32. The third kappa shape index (κ3) is 2.92. The van der Waals surface area contributed by atoms with Crippen LogP contribution >= 0.6 is 0 Å². The number of nitrogens with one attached hydrogen (secondary N) is 1. The van der Waals surface area contributed by atoms with Gasteiger partial charge in [-0.3, -0.25) is 9.78 Å². The lowest BCUT2D eigenvalue weighted by atomic mass is 10.2. The zero-order valence-corrected chi connectivity index (χ0v) is 9.22. The summed E-state index contributed by atoms with van der Waals surface area (Å²) in [5, 5.41) is 2.79. The molecule has 0 saturated carbocycles. The molecule has 0 aromatic carbocycles. The first kappa shape index (κ1) is 11.3. The van der Waals surface area contributed by atoms with Gasteiger partial charge in [-0.25, -0.2) is 0 Å². The summed E-state index contributed by atoms with van der Waals surface area (Å²) in [4.78, 5) is 15.8. The van der Waals surface area contributed by atoms with E-state index in [1.807, 2.05) is 0 Å². The molecule has 0 aliphatic heterocycles. The van der Waals surface area contributed by atoms with Crippen molar-refractivity contribution in [1.82, 2.24) is 10.3 Å². The average molecular weight is 231 g/mol. The van der Waals surface area contributed by atoms with Crippen molar-refractivity contribution in [2.24, 2.45) is 5.73 Å². The number of pyridine rings is 1. The molecule has 3 N–H and O–H groups in total. The van der Waals surface area contributed by atoms with E-state index in [4.69, 9.17) is 10.2 Å². The van der Waals surface area contributed by atoms with Crippen molar-refractivity contribution in [3.8, 4) is 0 Å². The first-order valence-electron chi connectivity index (χ1n) is 5.24. The zero-order chi connectivity index (χ0) is 12.1. The lowest BCUT2D eigenvalue weighted by Crippen LogP contribution is -2.22. The minimum atomic E-state index is -0.150. The van der Waals surface area contributed by atoms with E-state index in [1.165, 1.54) is 0 Å². The standard InChI is InChI=1S/C12H13N3O2/c13-6-11-5-10(1-3-14-11)12(16)15-7-9-2-4-17-8-9/h1-5,8H,6-7,13H2,(H,15,16). The molecule has 0 bridgehead atoms. The third-order valence-electron chi connectivity index (χ3n) is 2.32. The summed E-state index contributed by atoms with van der Waals surface area (Å²) in [6.07, 6.45) is 4.74. The molecule has 0 radical (unpaired) electrons. The quantitative estimate of drug-likeness (QED) is 0.824. The van der Waals surface area contributed by atoms with Gasteiger partial charge in [0.2, 0.25) is 0 Å². The summed E-state index contributed by atoms with van der Waals surface area (Å²) < 4.78 is 4.91. The number of hydrogen-bond donors (Lipinski definition) is 2. The minimum Gasteiger partial charge on any atom is -0.472 e. The minimum absolute atomic E-state index is 0.150. The van der Waals surface area contributed by atoms with E-state index in [-0.39, 0.29) is 5.91 Å². The Morgan fingerprint density at radius 2 is 2.35 bits per heavy atom. The van der Waals surface area contributed by atoms with E-state index in [0.717, 1.165) is 5.56 Å². The Labute approximate surface area is 98.6 Å². The summed E-state index contributed by atoms with van der Waals surface area (Å²) in [6.45, 7) is 0.762. The van der Waals surface area contributed by atoms with Gasteiger partial charge < -0.3 is 15.5 Å². The molecule has 0 saturated heterocycles. The van der Waals surface area contributed by atoms with Crippen molar-refractivity contribution >= 4 is 5.91 Å². The molecule has 2 aromatic heterocycles. The van der Waals surface area contributed by atoms with Crippen molar-refractivity contribution < 1.29 is 9.21 Å². The molecule has 0 aliphatic rings. The molecule has 0 fully saturated rings. The maximum Gasteiger partial charge on any atom is 0.251 e. The number of furan rings is 1. The molecular weight excluding hydrogens is 218 g/mol. The van der Waals surface area contributed by atoms with Gasteiger partial charge in [-0.05, 0) is 18.2 Å². The number of nitrogens with zero attached hydrogens (tertiary/aromatic N) is 1. The van der Waals surface area contributed by atoms with E-state index in [0.29, 0.717) is 24.3 Å². The first-order chi connectivity index (χ1) is 8.29. The van der Waals surface area contributed by atoms with Crippen LogP contribution in [-0.4, -0.2) is 10.9 Å². The van der Waals surface area contributed by atoms with Crippen molar-refractivity contribution in [3.05, 3.63) is 53.7 Å². The van der Waals surface area contributed by atoms with Crippen LogP contribution in [0.3, 0.4) is 0 Å². The van der Waals surface area contributed by atoms with Gasteiger partial charge in [-0.1, -0.05) is 0 Å². The first-order valence-corrected chi connectivity index (χ1v) is 5.24. The largest absolute Gasteiger partial charge is 0.472 e. The van der Waals surface area contributed by atoms with Gasteiger partial charge in [0, 0.05) is 30.4 Å². The Bertz CT molecular complexity index is 494. The molecule has 0 atom stereocenters. The van der Waals surface area contributed by atoms with Gasteiger partial charge in [-0.15, -0.1) is 0 Å². The van der Waals surface area contributed by atoms with E-state index >= 15 is 0 Å². The van der Waals surface area contributed by atoms with E-state index in [1.54, 1.807) is 36.9 Å². The number of amides is 1. The van der Waals surface area contributed by atoms with Crippen LogP contribution in [0.5, 0.6) is 0 Å². The number of aromatic nitrogens is 1.